The highest BCUT2D eigenvalue weighted by Gasteiger charge is 2.42. The zero-order chi connectivity index (χ0) is 14.7. The molecule has 1 saturated carbocycles. The van der Waals surface area contributed by atoms with Gasteiger partial charge in [-0.2, -0.15) is 0 Å². The Labute approximate surface area is 117 Å². The molecule has 0 radical (unpaired) electrons. The Bertz CT molecular complexity index is 302. The van der Waals surface area contributed by atoms with Gasteiger partial charge in [0.05, 0.1) is 11.0 Å². The average molecular weight is 270 g/mol. The van der Waals surface area contributed by atoms with E-state index in [-0.39, 0.29) is 5.91 Å². The van der Waals surface area contributed by atoms with E-state index in [4.69, 9.17) is 5.73 Å². The molecule has 3 N–H and O–H groups in total. The fourth-order valence-corrected chi connectivity index (χ4v) is 2.95. The largest absolute Gasteiger partial charge is 0.389 e. The quantitative estimate of drug-likeness (QED) is 0.800. The van der Waals surface area contributed by atoms with Crippen LogP contribution in [0.5, 0.6) is 0 Å². The highest BCUT2D eigenvalue weighted by Crippen LogP contribution is 2.39. The third-order valence-electron chi connectivity index (χ3n) is 4.32. The molecule has 1 amide bonds. The smallest absolute Gasteiger partial charge is 0.230 e. The first-order chi connectivity index (χ1) is 8.74. The predicted molar refractivity (Wildman–Crippen MR) is 77.7 cm³/mol. The zero-order valence-electron chi connectivity index (χ0n) is 12.9. The molecule has 0 saturated heterocycles. The molecule has 0 aromatic carbocycles. The topological polar surface area (TPSA) is 66.6 Å². The summed E-state index contributed by atoms with van der Waals surface area (Å²) in [4.78, 5) is 14.6. The summed E-state index contributed by atoms with van der Waals surface area (Å²) in [6.45, 7) is 9.08. The van der Waals surface area contributed by atoms with Crippen molar-refractivity contribution >= 4 is 5.91 Å². The van der Waals surface area contributed by atoms with Gasteiger partial charge in [-0.1, -0.05) is 6.92 Å². The minimum absolute atomic E-state index is 0.131. The van der Waals surface area contributed by atoms with Gasteiger partial charge in [-0.25, -0.2) is 0 Å². The first-order valence-corrected chi connectivity index (χ1v) is 7.46. The van der Waals surface area contributed by atoms with E-state index in [1.807, 2.05) is 6.92 Å². The second-order valence-corrected chi connectivity index (χ2v) is 6.80. The van der Waals surface area contributed by atoms with Crippen molar-refractivity contribution in [3.8, 4) is 0 Å². The summed E-state index contributed by atoms with van der Waals surface area (Å²) in [7, 11) is 0. The Balaban J connectivity index is 2.81. The molecule has 0 aromatic heterocycles. The predicted octanol–water partition coefficient (Wildman–Crippen LogP) is 1.76. The third-order valence-corrected chi connectivity index (χ3v) is 4.32. The molecule has 0 aliphatic heterocycles. The van der Waals surface area contributed by atoms with E-state index in [9.17, 15) is 9.90 Å². The van der Waals surface area contributed by atoms with Crippen LogP contribution in [0.3, 0.4) is 0 Å². The molecule has 0 bridgehead atoms. The van der Waals surface area contributed by atoms with Crippen LogP contribution in [0.4, 0.5) is 0 Å². The molecular formula is C15H30N2O2. The molecule has 112 valence electrons. The summed E-state index contributed by atoms with van der Waals surface area (Å²) < 4.78 is 0. The normalized spacial score (nSPS) is 28.2. The number of aliphatic hydroxyl groups is 1. The molecule has 1 rings (SSSR count). The van der Waals surface area contributed by atoms with Crippen LogP contribution in [0.1, 0.15) is 53.4 Å². The molecule has 4 nitrogen and oxygen atoms in total. The number of hydrogen-bond donors (Lipinski definition) is 2. The van der Waals surface area contributed by atoms with Crippen LogP contribution in [0, 0.1) is 11.3 Å². The highest BCUT2D eigenvalue weighted by molar-refractivity contribution is 5.83. The molecule has 1 fully saturated rings. The van der Waals surface area contributed by atoms with Gasteiger partial charge in [0.2, 0.25) is 5.91 Å². The zero-order valence-corrected chi connectivity index (χ0v) is 12.9. The number of rotatable bonds is 5. The van der Waals surface area contributed by atoms with Gasteiger partial charge < -0.3 is 15.7 Å². The number of nitrogens with two attached hydrogens (primary N) is 1. The number of likely N-dealkylation sites (N-methyl/N-ethyl adjacent to an activating group) is 1. The van der Waals surface area contributed by atoms with Gasteiger partial charge >= 0.3 is 0 Å². The van der Waals surface area contributed by atoms with Gasteiger partial charge in [0.1, 0.15) is 0 Å². The minimum atomic E-state index is -0.858. The van der Waals surface area contributed by atoms with Gasteiger partial charge in [0.25, 0.3) is 0 Å². The molecule has 19 heavy (non-hydrogen) atoms. The molecular weight excluding hydrogens is 240 g/mol. The first kappa shape index (κ1) is 16.4. The van der Waals surface area contributed by atoms with Crippen LogP contribution in [-0.4, -0.2) is 41.1 Å². The van der Waals surface area contributed by atoms with Crippen LogP contribution in [0.2, 0.25) is 0 Å². The van der Waals surface area contributed by atoms with Gasteiger partial charge in [0, 0.05) is 19.6 Å². The Morgan fingerprint density at radius 1 is 1.42 bits per heavy atom. The maximum Gasteiger partial charge on any atom is 0.230 e. The Morgan fingerprint density at radius 3 is 2.32 bits per heavy atom. The summed E-state index contributed by atoms with van der Waals surface area (Å²) in [6.07, 6.45) is 3.91. The summed E-state index contributed by atoms with van der Waals surface area (Å²) in [5.41, 5.74) is 4.68. The maximum atomic E-state index is 12.8. The summed E-state index contributed by atoms with van der Waals surface area (Å²) in [6, 6.07) is 0. The number of amides is 1. The fraction of sp³-hybridized carbons (Fsp3) is 0.933. The van der Waals surface area contributed by atoms with Gasteiger partial charge in [-0.15, -0.1) is 0 Å². The van der Waals surface area contributed by atoms with Crippen LogP contribution in [-0.2, 0) is 4.79 Å². The number of carbonyl (C=O) groups is 1. The van der Waals surface area contributed by atoms with Crippen molar-refractivity contribution in [1.29, 1.82) is 0 Å². The molecule has 0 heterocycles. The SMILES string of the molecule is CCN(CC(C)(C)O)C(=O)C1(CN)CCC(C)CC1. The Kier molecular flexibility index (Phi) is 5.39. The number of hydrogen-bond acceptors (Lipinski definition) is 3. The van der Waals surface area contributed by atoms with E-state index >= 15 is 0 Å². The standard InChI is InChI=1S/C15H30N2O2/c1-5-17(11-14(3,4)19)13(18)15(10-16)8-6-12(2)7-9-15/h12,19H,5-11,16H2,1-4H3. The van der Waals surface area contributed by atoms with Crippen molar-refractivity contribution in [3.63, 3.8) is 0 Å². The van der Waals surface area contributed by atoms with Crippen LogP contribution in [0.25, 0.3) is 0 Å². The monoisotopic (exact) mass is 270 g/mol. The Morgan fingerprint density at radius 2 is 1.95 bits per heavy atom. The maximum absolute atomic E-state index is 12.8. The van der Waals surface area contributed by atoms with Crippen molar-refractivity contribution in [2.45, 2.75) is 59.0 Å². The first-order valence-electron chi connectivity index (χ1n) is 7.46. The number of carbonyl (C=O) groups excluding carboxylic acids is 1. The number of nitrogens with zero attached hydrogens (tertiary/aromatic N) is 1. The molecule has 0 atom stereocenters. The Hall–Kier alpha value is -0.610. The van der Waals surface area contributed by atoms with Crippen molar-refractivity contribution in [2.24, 2.45) is 17.1 Å². The average Bonchev–Trinajstić information content (AvgIpc) is 2.35. The van der Waals surface area contributed by atoms with Crippen LogP contribution in [0.15, 0.2) is 0 Å². The molecule has 0 spiro atoms. The molecule has 1 aliphatic rings. The molecule has 0 aromatic rings. The van der Waals surface area contributed by atoms with E-state index in [1.165, 1.54) is 0 Å². The van der Waals surface area contributed by atoms with Crippen molar-refractivity contribution in [1.82, 2.24) is 4.90 Å². The molecule has 0 unspecified atom stereocenters. The second-order valence-electron chi connectivity index (χ2n) is 6.80. The summed E-state index contributed by atoms with van der Waals surface area (Å²) in [5, 5.41) is 9.94. The van der Waals surface area contributed by atoms with Crippen molar-refractivity contribution in [2.75, 3.05) is 19.6 Å². The van der Waals surface area contributed by atoms with Crippen molar-refractivity contribution < 1.29 is 9.90 Å². The van der Waals surface area contributed by atoms with E-state index in [2.05, 4.69) is 6.92 Å². The lowest BCUT2D eigenvalue weighted by atomic mass is 9.70. The van der Waals surface area contributed by atoms with Gasteiger partial charge in [-0.3, -0.25) is 4.79 Å². The third kappa shape index (κ3) is 4.18. The van der Waals surface area contributed by atoms with Crippen LogP contribution >= 0.6 is 0 Å². The lowest BCUT2D eigenvalue weighted by Gasteiger charge is -2.41. The van der Waals surface area contributed by atoms with E-state index < -0.39 is 11.0 Å². The summed E-state index contributed by atoms with van der Waals surface area (Å²) >= 11 is 0. The lowest BCUT2D eigenvalue weighted by Crippen LogP contribution is -2.52. The van der Waals surface area contributed by atoms with E-state index in [0.717, 1.165) is 25.7 Å². The summed E-state index contributed by atoms with van der Waals surface area (Å²) in [5.74, 6) is 0.823. The van der Waals surface area contributed by atoms with Gasteiger partial charge in [0.15, 0.2) is 0 Å². The highest BCUT2D eigenvalue weighted by atomic mass is 16.3. The van der Waals surface area contributed by atoms with E-state index in [1.54, 1.807) is 18.7 Å². The molecule has 1 aliphatic carbocycles. The minimum Gasteiger partial charge on any atom is -0.389 e. The van der Waals surface area contributed by atoms with Gasteiger partial charge in [-0.05, 0) is 52.4 Å². The lowest BCUT2D eigenvalue weighted by molar-refractivity contribution is -0.146. The molecule has 4 heteroatoms. The van der Waals surface area contributed by atoms with E-state index in [0.29, 0.717) is 25.6 Å². The van der Waals surface area contributed by atoms with Crippen LogP contribution < -0.4 is 5.73 Å². The fourth-order valence-electron chi connectivity index (χ4n) is 2.95. The van der Waals surface area contributed by atoms with Crippen molar-refractivity contribution in [3.05, 3.63) is 0 Å². The second kappa shape index (κ2) is 6.23.